The summed E-state index contributed by atoms with van der Waals surface area (Å²) in [5.74, 6) is 1.83. The van der Waals surface area contributed by atoms with Gasteiger partial charge in [-0.05, 0) is 31.4 Å². The minimum Gasteiger partial charge on any atom is -0.352 e. The number of nitrogens with one attached hydrogen (secondary N) is 1. The highest BCUT2D eigenvalue weighted by Crippen LogP contribution is 2.31. The molecule has 0 aromatic heterocycles. The standard InChI is InChI=1S/C13H23NOS/c1-2-16-12-9-5-8-11(12)14-13(15)10-6-3-4-7-10/h10-12H,2-9H2,1H3,(H,14,15)/t11-,12-/m1/s1. The molecule has 92 valence electrons. The molecular formula is C13H23NOS. The molecule has 2 nitrogen and oxygen atoms in total. The number of hydrogen-bond donors (Lipinski definition) is 1. The minimum absolute atomic E-state index is 0.327. The Morgan fingerprint density at radius 2 is 1.94 bits per heavy atom. The Morgan fingerprint density at radius 1 is 1.19 bits per heavy atom. The van der Waals surface area contributed by atoms with Gasteiger partial charge in [-0.1, -0.05) is 26.2 Å². The molecule has 1 N–H and O–H groups in total. The molecule has 1 amide bonds. The van der Waals surface area contributed by atoms with E-state index in [-0.39, 0.29) is 0 Å². The van der Waals surface area contributed by atoms with Gasteiger partial charge in [-0.25, -0.2) is 0 Å². The Kier molecular flexibility index (Phi) is 4.56. The fourth-order valence-corrected chi connectivity index (χ4v) is 4.19. The van der Waals surface area contributed by atoms with Gasteiger partial charge in [0.25, 0.3) is 0 Å². The van der Waals surface area contributed by atoms with Crippen LogP contribution in [0, 0.1) is 5.92 Å². The van der Waals surface area contributed by atoms with Gasteiger partial charge in [0.2, 0.25) is 5.91 Å². The molecule has 2 aliphatic carbocycles. The first kappa shape index (κ1) is 12.3. The van der Waals surface area contributed by atoms with Crippen molar-refractivity contribution in [1.29, 1.82) is 0 Å². The largest absolute Gasteiger partial charge is 0.352 e. The van der Waals surface area contributed by atoms with Crippen LogP contribution < -0.4 is 5.32 Å². The van der Waals surface area contributed by atoms with E-state index in [0.717, 1.165) is 12.8 Å². The van der Waals surface area contributed by atoms with Crippen LogP contribution in [0.2, 0.25) is 0 Å². The molecule has 2 saturated carbocycles. The van der Waals surface area contributed by atoms with Crippen molar-refractivity contribution in [2.75, 3.05) is 5.75 Å². The molecule has 0 bridgehead atoms. The molecular weight excluding hydrogens is 218 g/mol. The third-order valence-corrected chi connectivity index (χ3v) is 5.21. The third kappa shape index (κ3) is 2.93. The molecule has 0 heterocycles. The number of carbonyl (C=O) groups excluding carboxylic acids is 1. The van der Waals surface area contributed by atoms with Crippen molar-refractivity contribution < 1.29 is 4.79 Å². The van der Waals surface area contributed by atoms with E-state index in [2.05, 4.69) is 12.2 Å². The fraction of sp³-hybridized carbons (Fsp3) is 0.923. The van der Waals surface area contributed by atoms with E-state index in [9.17, 15) is 4.79 Å². The van der Waals surface area contributed by atoms with Crippen LogP contribution in [0.5, 0.6) is 0 Å². The number of carbonyl (C=O) groups is 1. The van der Waals surface area contributed by atoms with Crippen molar-refractivity contribution in [2.24, 2.45) is 5.92 Å². The monoisotopic (exact) mass is 241 g/mol. The summed E-state index contributed by atoms with van der Waals surface area (Å²) in [7, 11) is 0. The molecule has 2 fully saturated rings. The summed E-state index contributed by atoms with van der Waals surface area (Å²) in [5, 5.41) is 3.97. The molecule has 0 radical (unpaired) electrons. The van der Waals surface area contributed by atoms with Crippen molar-refractivity contribution in [3.8, 4) is 0 Å². The summed E-state index contributed by atoms with van der Waals surface area (Å²) in [6.07, 6.45) is 8.48. The van der Waals surface area contributed by atoms with Crippen LogP contribution in [-0.2, 0) is 4.79 Å². The van der Waals surface area contributed by atoms with Crippen LogP contribution in [0.15, 0.2) is 0 Å². The van der Waals surface area contributed by atoms with Gasteiger partial charge in [-0.2, -0.15) is 11.8 Å². The lowest BCUT2D eigenvalue weighted by molar-refractivity contribution is -0.125. The maximum absolute atomic E-state index is 12.0. The third-order valence-electron chi connectivity index (χ3n) is 3.89. The van der Waals surface area contributed by atoms with Crippen LogP contribution in [0.1, 0.15) is 51.9 Å². The molecule has 0 aromatic carbocycles. The SMILES string of the molecule is CCS[C@@H]1CCC[C@H]1NC(=O)C1CCCC1. The van der Waals surface area contributed by atoms with Crippen LogP contribution in [0.4, 0.5) is 0 Å². The summed E-state index contributed by atoms with van der Waals surface area (Å²) in [4.78, 5) is 12.0. The second-order valence-electron chi connectivity index (χ2n) is 5.02. The average molecular weight is 241 g/mol. The van der Waals surface area contributed by atoms with E-state index >= 15 is 0 Å². The van der Waals surface area contributed by atoms with Crippen LogP contribution in [0.25, 0.3) is 0 Å². The van der Waals surface area contributed by atoms with Gasteiger partial charge in [0.05, 0.1) is 0 Å². The molecule has 2 atom stereocenters. The van der Waals surface area contributed by atoms with Crippen LogP contribution in [-0.4, -0.2) is 23.0 Å². The van der Waals surface area contributed by atoms with Gasteiger partial charge < -0.3 is 5.32 Å². The van der Waals surface area contributed by atoms with Crippen molar-refractivity contribution >= 4 is 17.7 Å². The normalized spacial score (nSPS) is 30.8. The molecule has 0 saturated heterocycles. The number of hydrogen-bond acceptors (Lipinski definition) is 2. The van der Waals surface area contributed by atoms with Crippen LogP contribution >= 0.6 is 11.8 Å². The van der Waals surface area contributed by atoms with Gasteiger partial charge in [-0.15, -0.1) is 0 Å². The zero-order valence-electron chi connectivity index (χ0n) is 10.2. The molecule has 0 aliphatic heterocycles. The van der Waals surface area contributed by atoms with Crippen LogP contribution in [0.3, 0.4) is 0 Å². The van der Waals surface area contributed by atoms with Crippen molar-refractivity contribution in [3.05, 3.63) is 0 Å². The van der Waals surface area contributed by atoms with E-state index in [1.54, 1.807) is 0 Å². The first-order chi connectivity index (χ1) is 7.81. The molecule has 3 heteroatoms. The molecule has 0 aromatic rings. The molecule has 2 rings (SSSR count). The number of rotatable bonds is 4. The second-order valence-corrected chi connectivity index (χ2v) is 6.54. The fourth-order valence-electron chi connectivity index (χ4n) is 2.99. The summed E-state index contributed by atoms with van der Waals surface area (Å²) >= 11 is 2.02. The summed E-state index contributed by atoms with van der Waals surface area (Å²) in [5.41, 5.74) is 0. The highest BCUT2D eigenvalue weighted by Gasteiger charge is 2.31. The summed E-state index contributed by atoms with van der Waals surface area (Å²) in [6, 6.07) is 0.457. The zero-order chi connectivity index (χ0) is 11.4. The Morgan fingerprint density at radius 3 is 2.62 bits per heavy atom. The minimum atomic E-state index is 0.327. The first-order valence-corrected chi connectivity index (χ1v) is 7.78. The maximum atomic E-state index is 12.0. The Balaban J connectivity index is 1.81. The van der Waals surface area contributed by atoms with E-state index in [1.165, 1.54) is 37.9 Å². The van der Waals surface area contributed by atoms with E-state index in [1.807, 2.05) is 11.8 Å². The van der Waals surface area contributed by atoms with Gasteiger partial charge >= 0.3 is 0 Å². The topological polar surface area (TPSA) is 29.1 Å². The van der Waals surface area contributed by atoms with E-state index < -0.39 is 0 Å². The lowest BCUT2D eigenvalue weighted by Crippen LogP contribution is -2.41. The number of amides is 1. The van der Waals surface area contributed by atoms with Gasteiger partial charge in [0, 0.05) is 17.2 Å². The molecule has 0 unspecified atom stereocenters. The van der Waals surface area contributed by atoms with Crippen molar-refractivity contribution in [1.82, 2.24) is 5.32 Å². The first-order valence-electron chi connectivity index (χ1n) is 6.73. The summed E-state index contributed by atoms with van der Waals surface area (Å²) in [6.45, 7) is 2.21. The lowest BCUT2D eigenvalue weighted by Gasteiger charge is -2.22. The molecule has 16 heavy (non-hydrogen) atoms. The summed E-state index contributed by atoms with van der Waals surface area (Å²) < 4.78 is 0. The van der Waals surface area contributed by atoms with Crippen molar-refractivity contribution in [2.45, 2.75) is 63.2 Å². The smallest absolute Gasteiger partial charge is 0.223 e. The average Bonchev–Trinajstić information content (AvgIpc) is 2.90. The van der Waals surface area contributed by atoms with Gasteiger partial charge in [-0.3, -0.25) is 4.79 Å². The molecule has 0 spiro atoms. The van der Waals surface area contributed by atoms with Gasteiger partial charge in [0.1, 0.15) is 0 Å². The van der Waals surface area contributed by atoms with E-state index in [4.69, 9.17) is 0 Å². The van der Waals surface area contributed by atoms with Gasteiger partial charge in [0.15, 0.2) is 0 Å². The predicted octanol–water partition coefficient (Wildman–Crippen LogP) is 2.97. The second kappa shape index (κ2) is 5.95. The maximum Gasteiger partial charge on any atom is 0.223 e. The zero-order valence-corrected chi connectivity index (χ0v) is 11.0. The Labute approximate surface area is 103 Å². The van der Waals surface area contributed by atoms with Crippen molar-refractivity contribution in [3.63, 3.8) is 0 Å². The predicted molar refractivity (Wildman–Crippen MR) is 69.7 cm³/mol. The van der Waals surface area contributed by atoms with E-state index in [0.29, 0.717) is 23.1 Å². The molecule has 2 aliphatic rings. The highest BCUT2D eigenvalue weighted by molar-refractivity contribution is 7.99. The Hall–Kier alpha value is -0.180. The quantitative estimate of drug-likeness (QED) is 0.820. The highest BCUT2D eigenvalue weighted by atomic mass is 32.2. The number of thioether (sulfide) groups is 1. The lowest BCUT2D eigenvalue weighted by atomic mass is 10.1. The Bertz CT molecular complexity index is 238.